The Morgan fingerprint density at radius 2 is 1.86 bits per heavy atom. The Morgan fingerprint density at radius 3 is 2.50 bits per heavy atom. The summed E-state index contributed by atoms with van der Waals surface area (Å²) < 4.78 is 53.3. The first-order valence-corrected chi connectivity index (χ1v) is 8.00. The number of nitrogens with one attached hydrogen (secondary N) is 2. The van der Waals surface area contributed by atoms with Gasteiger partial charge in [0, 0.05) is 12.6 Å². The van der Waals surface area contributed by atoms with Gasteiger partial charge in [-0.1, -0.05) is 0 Å². The summed E-state index contributed by atoms with van der Waals surface area (Å²) in [4.78, 5) is 11.1. The van der Waals surface area contributed by atoms with Gasteiger partial charge in [0.25, 0.3) is 0 Å². The molecule has 7 nitrogen and oxygen atoms in total. The Kier molecular flexibility index (Phi) is 5.25. The van der Waals surface area contributed by atoms with E-state index in [1.807, 2.05) is 0 Å². The van der Waals surface area contributed by atoms with Gasteiger partial charge in [0.15, 0.2) is 5.82 Å². The third-order valence-corrected chi connectivity index (χ3v) is 3.70. The van der Waals surface area contributed by atoms with Crippen molar-refractivity contribution in [3.63, 3.8) is 0 Å². The molecule has 11 heteroatoms. The number of aromatic nitrogens is 4. The van der Waals surface area contributed by atoms with E-state index in [2.05, 4.69) is 26.2 Å². The van der Waals surface area contributed by atoms with Gasteiger partial charge in [0.2, 0.25) is 5.91 Å². The molecule has 1 heterocycles. The molecule has 2 N–H and O–H groups in total. The average molecular weight is 394 g/mol. The number of anilines is 2. The standard InChI is InChI=1S/C17H14F4N6O/c1-10(28)23-12-4-7-14(18)15(8-12)22-9-16-24-25-26-27(16)13-5-2-11(3-6-13)17(19,20)21/h2-8,22H,9H2,1H3,(H,23,28). The maximum atomic E-state index is 14.0. The van der Waals surface area contributed by atoms with Crippen molar-refractivity contribution in [3.8, 4) is 5.69 Å². The first-order valence-electron chi connectivity index (χ1n) is 8.00. The minimum absolute atomic E-state index is 0.00549. The highest BCUT2D eigenvalue weighted by atomic mass is 19.4. The molecule has 0 aliphatic carbocycles. The second-order valence-corrected chi connectivity index (χ2v) is 5.78. The number of carbonyl (C=O) groups is 1. The summed E-state index contributed by atoms with van der Waals surface area (Å²) in [5.41, 5.74) is 0.0371. The quantitative estimate of drug-likeness (QED) is 0.648. The van der Waals surface area contributed by atoms with Crippen LogP contribution in [0.25, 0.3) is 5.69 Å². The summed E-state index contributed by atoms with van der Waals surface area (Å²) in [7, 11) is 0. The van der Waals surface area contributed by atoms with Gasteiger partial charge in [0.1, 0.15) is 5.82 Å². The number of amides is 1. The van der Waals surface area contributed by atoms with Gasteiger partial charge in [-0.05, 0) is 52.9 Å². The molecule has 0 unspecified atom stereocenters. The van der Waals surface area contributed by atoms with Crippen molar-refractivity contribution in [2.45, 2.75) is 19.6 Å². The van der Waals surface area contributed by atoms with Crippen LogP contribution in [0.15, 0.2) is 42.5 Å². The van der Waals surface area contributed by atoms with E-state index in [0.29, 0.717) is 11.4 Å². The summed E-state index contributed by atoms with van der Waals surface area (Å²) >= 11 is 0. The predicted octanol–water partition coefficient (Wildman–Crippen LogP) is 3.39. The Bertz CT molecular complexity index is 984. The van der Waals surface area contributed by atoms with Crippen LogP contribution >= 0.6 is 0 Å². The van der Waals surface area contributed by atoms with Crippen molar-refractivity contribution in [2.24, 2.45) is 0 Å². The van der Waals surface area contributed by atoms with Crippen LogP contribution < -0.4 is 10.6 Å². The zero-order valence-electron chi connectivity index (χ0n) is 14.5. The smallest absolute Gasteiger partial charge is 0.375 e. The molecule has 0 aliphatic heterocycles. The number of tetrazole rings is 1. The van der Waals surface area contributed by atoms with Gasteiger partial charge in [-0.15, -0.1) is 5.10 Å². The van der Waals surface area contributed by atoms with Crippen LogP contribution in [-0.4, -0.2) is 26.1 Å². The number of carbonyl (C=O) groups excluding carboxylic acids is 1. The lowest BCUT2D eigenvalue weighted by Crippen LogP contribution is -2.11. The molecule has 0 radical (unpaired) electrons. The normalized spacial score (nSPS) is 11.3. The summed E-state index contributed by atoms with van der Waals surface area (Å²) in [6.45, 7) is 1.32. The van der Waals surface area contributed by atoms with Crippen LogP contribution in [0.2, 0.25) is 0 Å². The summed E-state index contributed by atoms with van der Waals surface area (Å²) in [6.07, 6.45) is -4.44. The van der Waals surface area contributed by atoms with E-state index >= 15 is 0 Å². The molecule has 0 saturated carbocycles. The number of rotatable bonds is 5. The first-order chi connectivity index (χ1) is 13.2. The van der Waals surface area contributed by atoms with Crippen molar-refractivity contribution in [2.75, 3.05) is 10.6 Å². The Balaban J connectivity index is 1.77. The summed E-state index contributed by atoms with van der Waals surface area (Å²) in [5.74, 6) is -0.601. The number of nitrogens with zero attached hydrogens (tertiary/aromatic N) is 4. The Morgan fingerprint density at radius 1 is 1.14 bits per heavy atom. The van der Waals surface area contributed by atoms with Gasteiger partial charge < -0.3 is 10.6 Å². The molecule has 0 saturated heterocycles. The zero-order chi connectivity index (χ0) is 20.3. The summed E-state index contributed by atoms with van der Waals surface area (Å²) in [5, 5.41) is 16.4. The lowest BCUT2D eigenvalue weighted by Gasteiger charge is -2.11. The molecule has 0 spiro atoms. The minimum Gasteiger partial charge on any atom is -0.375 e. The zero-order valence-corrected chi connectivity index (χ0v) is 14.5. The topological polar surface area (TPSA) is 84.7 Å². The molecule has 0 aliphatic rings. The molecule has 0 bridgehead atoms. The molecule has 1 amide bonds. The van der Waals surface area contributed by atoms with E-state index in [9.17, 15) is 22.4 Å². The number of benzene rings is 2. The van der Waals surface area contributed by atoms with E-state index < -0.39 is 17.6 Å². The van der Waals surface area contributed by atoms with E-state index in [-0.39, 0.29) is 24.0 Å². The number of halogens is 4. The fraction of sp³-hybridized carbons (Fsp3) is 0.176. The fourth-order valence-electron chi connectivity index (χ4n) is 2.42. The maximum absolute atomic E-state index is 14.0. The maximum Gasteiger partial charge on any atom is 0.416 e. The highest BCUT2D eigenvalue weighted by Gasteiger charge is 2.30. The Hall–Kier alpha value is -3.50. The van der Waals surface area contributed by atoms with Crippen molar-refractivity contribution in [1.82, 2.24) is 20.2 Å². The van der Waals surface area contributed by atoms with Crippen molar-refractivity contribution < 1.29 is 22.4 Å². The molecule has 2 aromatic carbocycles. The highest BCUT2D eigenvalue weighted by molar-refractivity contribution is 5.89. The molecule has 146 valence electrons. The third kappa shape index (κ3) is 4.42. The Labute approximate surface area is 156 Å². The van der Waals surface area contributed by atoms with Crippen molar-refractivity contribution in [1.29, 1.82) is 0 Å². The van der Waals surface area contributed by atoms with E-state index in [1.165, 1.54) is 41.9 Å². The molecule has 0 atom stereocenters. The molecule has 28 heavy (non-hydrogen) atoms. The van der Waals surface area contributed by atoms with E-state index in [0.717, 1.165) is 12.1 Å². The second kappa shape index (κ2) is 7.62. The van der Waals surface area contributed by atoms with Gasteiger partial charge in [0.05, 0.1) is 23.5 Å². The molecular formula is C17H14F4N6O. The van der Waals surface area contributed by atoms with Crippen LogP contribution in [0.3, 0.4) is 0 Å². The number of hydrogen-bond donors (Lipinski definition) is 2. The lowest BCUT2D eigenvalue weighted by molar-refractivity contribution is -0.137. The van der Waals surface area contributed by atoms with Crippen molar-refractivity contribution in [3.05, 3.63) is 59.7 Å². The second-order valence-electron chi connectivity index (χ2n) is 5.78. The minimum atomic E-state index is -4.44. The van der Waals surface area contributed by atoms with Gasteiger partial charge in [-0.3, -0.25) is 4.79 Å². The van der Waals surface area contributed by atoms with Crippen LogP contribution in [0.1, 0.15) is 18.3 Å². The molecule has 1 aromatic heterocycles. The van der Waals surface area contributed by atoms with Gasteiger partial charge >= 0.3 is 6.18 Å². The third-order valence-electron chi connectivity index (χ3n) is 3.70. The van der Waals surface area contributed by atoms with Gasteiger partial charge in [-0.2, -0.15) is 17.9 Å². The van der Waals surface area contributed by atoms with Crippen LogP contribution in [0.4, 0.5) is 28.9 Å². The fourth-order valence-corrected chi connectivity index (χ4v) is 2.42. The van der Waals surface area contributed by atoms with E-state index in [4.69, 9.17) is 0 Å². The van der Waals surface area contributed by atoms with E-state index in [1.54, 1.807) is 0 Å². The predicted molar refractivity (Wildman–Crippen MR) is 92.2 cm³/mol. The largest absolute Gasteiger partial charge is 0.416 e. The monoisotopic (exact) mass is 394 g/mol. The van der Waals surface area contributed by atoms with Gasteiger partial charge in [-0.25, -0.2) is 4.39 Å². The van der Waals surface area contributed by atoms with Crippen LogP contribution in [-0.2, 0) is 17.5 Å². The molecule has 3 rings (SSSR count). The lowest BCUT2D eigenvalue weighted by atomic mass is 10.2. The van der Waals surface area contributed by atoms with Crippen LogP contribution in [0, 0.1) is 5.82 Å². The number of alkyl halides is 3. The number of hydrogen-bond acceptors (Lipinski definition) is 5. The summed E-state index contributed by atoms with van der Waals surface area (Å²) in [6, 6.07) is 8.32. The first kappa shape index (κ1) is 19.3. The highest BCUT2D eigenvalue weighted by Crippen LogP contribution is 2.29. The SMILES string of the molecule is CC(=O)Nc1ccc(F)c(NCc2nnnn2-c2ccc(C(F)(F)F)cc2)c1. The molecule has 3 aromatic rings. The van der Waals surface area contributed by atoms with Crippen LogP contribution in [0.5, 0.6) is 0 Å². The molecule has 0 fully saturated rings. The van der Waals surface area contributed by atoms with Crippen molar-refractivity contribution >= 4 is 17.3 Å². The average Bonchev–Trinajstić information content (AvgIpc) is 3.09. The molecular weight excluding hydrogens is 380 g/mol.